The lowest BCUT2D eigenvalue weighted by Gasteiger charge is -2.27. The van der Waals surface area contributed by atoms with Crippen molar-refractivity contribution >= 4 is 17.4 Å². The van der Waals surface area contributed by atoms with E-state index < -0.39 is 64.7 Å². The molecule has 4 rings (SSSR count). The number of amides is 1. The fourth-order valence-corrected chi connectivity index (χ4v) is 3.72. The third-order valence-electron chi connectivity index (χ3n) is 5.60. The van der Waals surface area contributed by atoms with Gasteiger partial charge in [-0.25, -0.2) is 9.97 Å². The molecule has 1 aliphatic heterocycles. The Morgan fingerprint density at radius 2 is 1.81 bits per heavy atom. The quantitative estimate of drug-likeness (QED) is 0.463. The van der Waals surface area contributed by atoms with Crippen molar-refractivity contribution in [3.05, 3.63) is 47.6 Å². The minimum atomic E-state index is -5.20. The number of nitrogens with two attached hydrogens (primary N) is 1. The Hall–Kier alpha value is -3.75. The summed E-state index contributed by atoms with van der Waals surface area (Å²) < 4.78 is 87.9. The van der Waals surface area contributed by atoms with Gasteiger partial charge in [-0.05, 0) is 37.5 Å². The Morgan fingerprint density at radius 3 is 2.44 bits per heavy atom. The van der Waals surface area contributed by atoms with Crippen LogP contribution in [0.4, 0.5) is 37.8 Å². The van der Waals surface area contributed by atoms with Gasteiger partial charge in [-0.1, -0.05) is 12.5 Å². The maximum atomic E-state index is 13.9. The van der Waals surface area contributed by atoms with Crippen LogP contribution in [0.15, 0.2) is 34.9 Å². The summed E-state index contributed by atoms with van der Waals surface area (Å²) >= 11 is 0. The summed E-state index contributed by atoms with van der Waals surface area (Å²) in [6.07, 6.45) is -9.80. The minimum Gasteiger partial charge on any atom is -0.416 e. The van der Waals surface area contributed by atoms with Crippen LogP contribution in [0, 0.1) is 0 Å². The molecule has 0 saturated carbocycles. The summed E-state index contributed by atoms with van der Waals surface area (Å²) in [4.78, 5) is 22.1. The second kappa shape index (κ2) is 9.04. The molecular weight excluding hydrogens is 498 g/mol. The maximum Gasteiger partial charge on any atom is 0.426 e. The molecule has 0 fully saturated rings. The van der Waals surface area contributed by atoms with Crippen molar-refractivity contribution in [2.24, 2.45) is 0 Å². The number of halogens is 6. The van der Waals surface area contributed by atoms with Crippen molar-refractivity contribution in [1.29, 1.82) is 0 Å². The number of hydrogen-bond donors (Lipinski definition) is 2. The third-order valence-corrected chi connectivity index (χ3v) is 5.60. The van der Waals surface area contributed by atoms with Gasteiger partial charge in [0.25, 0.3) is 17.7 Å². The number of rotatable bonds is 1. The van der Waals surface area contributed by atoms with Crippen molar-refractivity contribution < 1.29 is 40.7 Å². The van der Waals surface area contributed by atoms with Crippen molar-refractivity contribution in [2.75, 3.05) is 17.2 Å². The lowest BCUT2D eigenvalue weighted by Crippen LogP contribution is -2.42. The SMILES string of the molecule is Nc1cc(C(F)(F)F)c2nc1-c1nnc(o1)[C@@](O)(C(F)(F)F)CCCCCN(c1ccccn1)C2=O. The number of pyridine rings is 2. The average Bonchev–Trinajstić information content (AvgIpc) is 3.30. The van der Waals surface area contributed by atoms with Gasteiger partial charge < -0.3 is 15.3 Å². The van der Waals surface area contributed by atoms with Crippen LogP contribution >= 0.6 is 0 Å². The number of aromatic nitrogens is 4. The second-order valence-electron chi connectivity index (χ2n) is 8.05. The monoisotopic (exact) mass is 516 g/mol. The van der Waals surface area contributed by atoms with Gasteiger partial charge in [-0.2, -0.15) is 26.3 Å². The van der Waals surface area contributed by atoms with Crippen LogP contribution in [-0.4, -0.2) is 43.9 Å². The summed E-state index contributed by atoms with van der Waals surface area (Å²) in [5, 5.41) is 17.1. The van der Waals surface area contributed by atoms with E-state index in [0.29, 0.717) is 6.07 Å². The highest BCUT2D eigenvalue weighted by atomic mass is 19.4. The van der Waals surface area contributed by atoms with Crippen LogP contribution in [0.3, 0.4) is 0 Å². The maximum absolute atomic E-state index is 13.9. The number of carbonyl (C=O) groups is 1. The molecule has 36 heavy (non-hydrogen) atoms. The zero-order chi connectivity index (χ0) is 26.3. The molecule has 9 nitrogen and oxygen atoms in total. The zero-order valence-corrected chi connectivity index (χ0v) is 18.3. The number of hydrogen-bond acceptors (Lipinski definition) is 8. The van der Waals surface area contributed by atoms with Crippen LogP contribution in [0.1, 0.15) is 47.6 Å². The summed E-state index contributed by atoms with van der Waals surface area (Å²) in [5.41, 5.74) is -1.68. The molecule has 0 radical (unpaired) electrons. The minimum absolute atomic E-state index is 0.00904. The molecule has 1 amide bonds. The highest BCUT2D eigenvalue weighted by Gasteiger charge is 2.58. The van der Waals surface area contributed by atoms with E-state index in [1.165, 1.54) is 24.4 Å². The lowest BCUT2D eigenvalue weighted by molar-refractivity contribution is -0.277. The van der Waals surface area contributed by atoms with Crippen molar-refractivity contribution in [3.63, 3.8) is 0 Å². The molecule has 1 atom stereocenters. The van der Waals surface area contributed by atoms with Crippen LogP contribution in [0.25, 0.3) is 11.6 Å². The van der Waals surface area contributed by atoms with E-state index in [9.17, 15) is 36.2 Å². The first-order chi connectivity index (χ1) is 16.8. The number of alkyl halides is 6. The van der Waals surface area contributed by atoms with Gasteiger partial charge in [0.2, 0.25) is 5.60 Å². The van der Waals surface area contributed by atoms with Gasteiger partial charge in [0.1, 0.15) is 11.5 Å². The van der Waals surface area contributed by atoms with Crippen LogP contribution < -0.4 is 10.6 Å². The number of nitrogens with zero attached hydrogens (tertiary/aromatic N) is 5. The Kier molecular flexibility index (Phi) is 6.36. The van der Waals surface area contributed by atoms with Crippen LogP contribution in [0.2, 0.25) is 0 Å². The molecular formula is C21H18F6N6O3. The molecule has 0 spiro atoms. The molecule has 3 aromatic rings. The predicted octanol–water partition coefficient (Wildman–Crippen LogP) is 4.10. The molecule has 0 saturated heterocycles. The number of anilines is 2. The fourth-order valence-electron chi connectivity index (χ4n) is 3.72. The molecule has 4 heterocycles. The summed E-state index contributed by atoms with van der Waals surface area (Å²) in [6.45, 7) is -0.183. The normalized spacial score (nSPS) is 19.8. The average molecular weight is 516 g/mol. The van der Waals surface area contributed by atoms with Crippen molar-refractivity contribution in [3.8, 4) is 11.6 Å². The highest BCUT2D eigenvalue weighted by Crippen LogP contribution is 2.43. The van der Waals surface area contributed by atoms with Gasteiger partial charge in [0.15, 0.2) is 5.69 Å². The van der Waals surface area contributed by atoms with Gasteiger partial charge in [-0.3, -0.25) is 9.69 Å². The Balaban J connectivity index is 1.94. The molecule has 3 aromatic heterocycles. The van der Waals surface area contributed by atoms with E-state index in [-0.39, 0.29) is 31.6 Å². The zero-order valence-electron chi connectivity index (χ0n) is 18.3. The molecule has 192 valence electrons. The molecule has 15 heteroatoms. The molecule has 3 N–H and O–H groups in total. The second-order valence-corrected chi connectivity index (χ2v) is 8.05. The Morgan fingerprint density at radius 1 is 1.06 bits per heavy atom. The van der Waals surface area contributed by atoms with Gasteiger partial charge in [0.05, 0.1) is 11.3 Å². The van der Waals surface area contributed by atoms with Gasteiger partial charge in [0, 0.05) is 12.7 Å². The van der Waals surface area contributed by atoms with Crippen LogP contribution in [0.5, 0.6) is 0 Å². The Labute approximate surface area is 199 Å². The fraction of sp³-hybridized carbons (Fsp3) is 0.381. The summed E-state index contributed by atoms with van der Waals surface area (Å²) in [6, 6.07) is 4.85. The smallest absolute Gasteiger partial charge is 0.416 e. The lowest BCUT2D eigenvalue weighted by atomic mass is 9.95. The number of aliphatic hydroxyl groups is 1. The Bertz CT molecular complexity index is 1260. The first-order valence-corrected chi connectivity index (χ1v) is 10.6. The number of carbonyl (C=O) groups excluding carboxylic acids is 1. The van der Waals surface area contributed by atoms with Gasteiger partial charge >= 0.3 is 12.4 Å². The molecule has 4 bridgehead atoms. The molecule has 1 aliphatic rings. The number of fused-ring (bicyclic) bond motifs is 5. The van der Waals surface area contributed by atoms with E-state index in [0.717, 1.165) is 4.90 Å². The summed E-state index contributed by atoms with van der Waals surface area (Å²) in [7, 11) is 0. The predicted molar refractivity (Wildman–Crippen MR) is 111 cm³/mol. The molecule has 0 unspecified atom stereocenters. The first kappa shape index (κ1) is 25.3. The topological polar surface area (TPSA) is 131 Å². The summed E-state index contributed by atoms with van der Waals surface area (Å²) in [5.74, 6) is -3.17. The van der Waals surface area contributed by atoms with E-state index in [2.05, 4.69) is 20.2 Å². The van der Waals surface area contributed by atoms with E-state index in [1.807, 2.05) is 0 Å². The van der Waals surface area contributed by atoms with E-state index in [1.54, 1.807) is 0 Å². The first-order valence-electron chi connectivity index (χ1n) is 10.6. The largest absolute Gasteiger partial charge is 0.426 e. The highest BCUT2D eigenvalue weighted by molar-refractivity contribution is 6.06. The van der Waals surface area contributed by atoms with Crippen LogP contribution in [-0.2, 0) is 11.8 Å². The molecule has 0 aliphatic carbocycles. The molecule has 0 aromatic carbocycles. The van der Waals surface area contributed by atoms with E-state index in [4.69, 9.17) is 10.2 Å². The van der Waals surface area contributed by atoms with Crippen molar-refractivity contribution in [2.45, 2.75) is 43.6 Å². The van der Waals surface area contributed by atoms with Gasteiger partial charge in [-0.15, -0.1) is 10.2 Å². The third kappa shape index (κ3) is 4.57. The van der Waals surface area contributed by atoms with Crippen molar-refractivity contribution in [1.82, 2.24) is 20.2 Å². The van der Waals surface area contributed by atoms with E-state index >= 15 is 0 Å². The standard InChI is InChI=1S/C21H18F6N6O3/c22-20(23,24)11-10-12(28)15-16-31-32-18(36-16)19(35,21(25,26)27)7-3-1-5-9-33(17(34)14(11)30-15)13-6-2-4-8-29-13/h2,4,6,8,10,35H,1,3,5,7,9,28H2/t19-/m1/s1. The number of nitrogen functional groups attached to an aromatic ring is 1.